The lowest BCUT2D eigenvalue weighted by Gasteiger charge is -2.38. The standard InChI is InChI=1S/C18H30N4O/c19-13-18(8-10-22(11-9-18)15-6-7-15)21-17(23)16(20)12-14-4-2-1-3-5-14/h14-16H,1-12,20H2,(H,21,23). The first-order chi connectivity index (χ1) is 11.1. The van der Waals surface area contributed by atoms with Crippen LogP contribution in [0.1, 0.15) is 64.2 Å². The fraction of sp³-hybridized carbons (Fsp3) is 0.889. The number of nitrogens with zero attached hydrogens (tertiary/aromatic N) is 2. The first-order valence-corrected chi connectivity index (χ1v) is 9.35. The number of rotatable bonds is 5. The largest absolute Gasteiger partial charge is 0.336 e. The summed E-state index contributed by atoms with van der Waals surface area (Å²) in [6.45, 7) is 1.83. The Bertz CT molecular complexity index is 454. The number of piperidine rings is 1. The predicted molar refractivity (Wildman–Crippen MR) is 89.5 cm³/mol. The molecule has 3 fully saturated rings. The van der Waals surface area contributed by atoms with E-state index in [2.05, 4.69) is 16.3 Å². The van der Waals surface area contributed by atoms with Crippen molar-refractivity contribution in [2.75, 3.05) is 13.1 Å². The molecule has 1 saturated heterocycles. The molecule has 0 bridgehead atoms. The Kier molecular flexibility index (Phi) is 5.23. The van der Waals surface area contributed by atoms with Gasteiger partial charge in [0.05, 0.1) is 12.1 Å². The second-order valence-electron chi connectivity index (χ2n) is 7.80. The Balaban J connectivity index is 1.49. The molecule has 128 valence electrons. The van der Waals surface area contributed by atoms with Crippen molar-refractivity contribution in [1.29, 1.82) is 5.26 Å². The monoisotopic (exact) mass is 318 g/mol. The summed E-state index contributed by atoms with van der Waals surface area (Å²) in [5.74, 6) is 0.455. The van der Waals surface area contributed by atoms with Crippen LogP contribution in [0.5, 0.6) is 0 Å². The quantitative estimate of drug-likeness (QED) is 0.811. The van der Waals surface area contributed by atoms with Crippen LogP contribution in [-0.4, -0.2) is 41.5 Å². The normalized spacial score (nSPS) is 27.1. The highest BCUT2D eigenvalue weighted by molar-refractivity contribution is 5.82. The average Bonchev–Trinajstić information content (AvgIpc) is 3.41. The molecule has 1 heterocycles. The van der Waals surface area contributed by atoms with Crippen molar-refractivity contribution in [2.24, 2.45) is 11.7 Å². The molecule has 3 aliphatic rings. The lowest BCUT2D eigenvalue weighted by atomic mass is 9.84. The topological polar surface area (TPSA) is 82.1 Å². The Morgan fingerprint density at radius 1 is 1.22 bits per heavy atom. The summed E-state index contributed by atoms with van der Waals surface area (Å²) in [6, 6.07) is 2.64. The van der Waals surface area contributed by atoms with Crippen LogP contribution < -0.4 is 11.1 Å². The number of likely N-dealkylation sites (tertiary alicyclic amines) is 1. The molecule has 5 heteroatoms. The lowest BCUT2D eigenvalue weighted by Crippen LogP contribution is -2.58. The number of carbonyl (C=O) groups excluding carboxylic acids is 1. The van der Waals surface area contributed by atoms with E-state index < -0.39 is 11.6 Å². The van der Waals surface area contributed by atoms with Crippen molar-refractivity contribution in [2.45, 2.75) is 81.8 Å². The second kappa shape index (κ2) is 7.19. The summed E-state index contributed by atoms with van der Waals surface area (Å²) in [7, 11) is 0. The second-order valence-corrected chi connectivity index (χ2v) is 7.80. The molecule has 1 aliphatic heterocycles. The van der Waals surface area contributed by atoms with Gasteiger partial charge in [0.15, 0.2) is 0 Å². The maximum absolute atomic E-state index is 12.5. The number of hydrogen-bond donors (Lipinski definition) is 2. The molecule has 5 nitrogen and oxygen atoms in total. The van der Waals surface area contributed by atoms with E-state index in [9.17, 15) is 10.1 Å². The van der Waals surface area contributed by atoms with Crippen molar-refractivity contribution >= 4 is 5.91 Å². The van der Waals surface area contributed by atoms with Crippen LogP contribution in [0, 0.1) is 17.2 Å². The minimum atomic E-state index is -0.702. The summed E-state index contributed by atoms with van der Waals surface area (Å²) in [5, 5.41) is 12.6. The highest BCUT2D eigenvalue weighted by Crippen LogP contribution is 2.32. The maximum Gasteiger partial charge on any atom is 0.238 e. The van der Waals surface area contributed by atoms with Crippen LogP contribution in [-0.2, 0) is 4.79 Å². The van der Waals surface area contributed by atoms with E-state index in [4.69, 9.17) is 5.73 Å². The molecule has 0 spiro atoms. The smallest absolute Gasteiger partial charge is 0.238 e. The van der Waals surface area contributed by atoms with E-state index >= 15 is 0 Å². The van der Waals surface area contributed by atoms with Crippen LogP contribution in [0.15, 0.2) is 0 Å². The van der Waals surface area contributed by atoms with Gasteiger partial charge >= 0.3 is 0 Å². The lowest BCUT2D eigenvalue weighted by molar-refractivity contribution is -0.124. The fourth-order valence-corrected chi connectivity index (χ4v) is 4.19. The number of nitrogens with one attached hydrogen (secondary N) is 1. The Labute approximate surface area is 139 Å². The number of amides is 1. The van der Waals surface area contributed by atoms with Crippen molar-refractivity contribution in [3.05, 3.63) is 0 Å². The maximum atomic E-state index is 12.5. The van der Waals surface area contributed by atoms with E-state index in [0.717, 1.165) is 38.4 Å². The summed E-state index contributed by atoms with van der Waals surface area (Å²) >= 11 is 0. The number of nitriles is 1. The molecule has 3 rings (SSSR count). The summed E-state index contributed by atoms with van der Waals surface area (Å²) in [5.41, 5.74) is 5.43. The van der Waals surface area contributed by atoms with Crippen LogP contribution >= 0.6 is 0 Å². The molecule has 1 amide bonds. The number of carbonyl (C=O) groups is 1. The van der Waals surface area contributed by atoms with Crippen molar-refractivity contribution in [1.82, 2.24) is 10.2 Å². The highest BCUT2D eigenvalue weighted by atomic mass is 16.2. The van der Waals surface area contributed by atoms with E-state index in [1.807, 2.05) is 0 Å². The zero-order chi connectivity index (χ0) is 16.3. The molecule has 0 radical (unpaired) electrons. The third-order valence-electron chi connectivity index (χ3n) is 5.94. The summed E-state index contributed by atoms with van der Waals surface area (Å²) in [4.78, 5) is 14.9. The van der Waals surface area contributed by atoms with Gasteiger partial charge in [0, 0.05) is 19.1 Å². The first kappa shape index (κ1) is 16.7. The van der Waals surface area contributed by atoms with Gasteiger partial charge in [0.25, 0.3) is 0 Å². The van der Waals surface area contributed by atoms with Crippen LogP contribution in [0.25, 0.3) is 0 Å². The van der Waals surface area contributed by atoms with Gasteiger partial charge in [-0.25, -0.2) is 0 Å². The molecule has 2 saturated carbocycles. The summed E-state index contributed by atoms with van der Waals surface area (Å²) < 4.78 is 0. The third kappa shape index (κ3) is 4.24. The van der Waals surface area contributed by atoms with Gasteiger partial charge in [-0.3, -0.25) is 4.79 Å². The minimum absolute atomic E-state index is 0.128. The Morgan fingerprint density at radius 3 is 2.43 bits per heavy atom. The molecule has 1 unspecified atom stereocenters. The minimum Gasteiger partial charge on any atom is -0.336 e. The van der Waals surface area contributed by atoms with E-state index in [0.29, 0.717) is 5.92 Å². The van der Waals surface area contributed by atoms with Crippen LogP contribution in [0.3, 0.4) is 0 Å². The highest BCUT2D eigenvalue weighted by Gasteiger charge is 2.40. The Morgan fingerprint density at radius 2 is 1.87 bits per heavy atom. The number of nitrogens with two attached hydrogens (primary N) is 1. The van der Waals surface area contributed by atoms with Crippen LogP contribution in [0.2, 0.25) is 0 Å². The van der Waals surface area contributed by atoms with Gasteiger partial charge in [-0.15, -0.1) is 0 Å². The molecule has 23 heavy (non-hydrogen) atoms. The van der Waals surface area contributed by atoms with Gasteiger partial charge in [0.2, 0.25) is 5.91 Å². The first-order valence-electron chi connectivity index (χ1n) is 9.35. The van der Waals surface area contributed by atoms with Gasteiger partial charge in [-0.1, -0.05) is 32.1 Å². The van der Waals surface area contributed by atoms with Crippen molar-refractivity contribution < 1.29 is 4.79 Å². The van der Waals surface area contributed by atoms with Gasteiger partial charge in [0.1, 0.15) is 5.54 Å². The zero-order valence-electron chi connectivity index (χ0n) is 14.1. The molecule has 0 aromatic rings. The van der Waals surface area contributed by atoms with Crippen molar-refractivity contribution in [3.8, 4) is 6.07 Å². The Hall–Kier alpha value is -1.12. The van der Waals surface area contributed by atoms with Gasteiger partial charge in [-0.2, -0.15) is 5.26 Å². The molecule has 1 atom stereocenters. The zero-order valence-corrected chi connectivity index (χ0v) is 14.1. The van der Waals surface area contributed by atoms with E-state index in [1.165, 1.54) is 44.9 Å². The molecule has 0 aromatic heterocycles. The molecule has 2 aliphatic carbocycles. The SMILES string of the molecule is N#CC1(NC(=O)C(N)CC2CCCCC2)CCN(C2CC2)CC1. The fourth-order valence-electron chi connectivity index (χ4n) is 4.19. The molecular weight excluding hydrogens is 288 g/mol. The third-order valence-corrected chi connectivity index (χ3v) is 5.94. The average molecular weight is 318 g/mol. The molecular formula is C18H30N4O. The van der Waals surface area contributed by atoms with Crippen molar-refractivity contribution in [3.63, 3.8) is 0 Å². The van der Waals surface area contributed by atoms with E-state index in [-0.39, 0.29) is 5.91 Å². The molecule has 0 aromatic carbocycles. The predicted octanol–water partition coefficient (Wildman–Crippen LogP) is 1.92. The summed E-state index contributed by atoms with van der Waals surface area (Å²) in [6.07, 6.45) is 11.0. The van der Waals surface area contributed by atoms with E-state index in [1.54, 1.807) is 0 Å². The van der Waals surface area contributed by atoms with Gasteiger partial charge in [-0.05, 0) is 38.0 Å². The van der Waals surface area contributed by atoms with Crippen LogP contribution in [0.4, 0.5) is 0 Å². The molecule has 3 N–H and O–H groups in total. The van der Waals surface area contributed by atoms with Gasteiger partial charge < -0.3 is 16.0 Å². The number of hydrogen-bond acceptors (Lipinski definition) is 4.